The number of nitrogens with one attached hydrogen (secondary N) is 1. The molecule has 1 N–H and O–H groups in total. The summed E-state index contributed by atoms with van der Waals surface area (Å²) in [6.45, 7) is 2.71. The predicted octanol–water partition coefficient (Wildman–Crippen LogP) is 0.669. The highest BCUT2D eigenvalue weighted by Gasteiger charge is 2.37. The Morgan fingerprint density at radius 3 is 2.80 bits per heavy atom. The van der Waals surface area contributed by atoms with E-state index >= 15 is 0 Å². The van der Waals surface area contributed by atoms with Crippen LogP contribution in [0.1, 0.15) is 13.3 Å². The molecule has 0 radical (unpaired) electrons. The van der Waals surface area contributed by atoms with Crippen molar-refractivity contribution in [3.8, 4) is 0 Å². The molecular weight excluding hydrogens is 146 g/mol. The first-order chi connectivity index (χ1) is 4.74. The Kier molecular flexibility index (Phi) is 2.74. The zero-order chi connectivity index (χ0) is 7.56. The van der Waals surface area contributed by atoms with E-state index < -0.39 is 0 Å². The van der Waals surface area contributed by atoms with Crippen LogP contribution in [0.3, 0.4) is 0 Å². The second-order valence-corrected chi connectivity index (χ2v) is 4.16. The second-order valence-electron chi connectivity index (χ2n) is 2.68. The van der Waals surface area contributed by atoms with Gasteiger partial charge >= 0.3 is 0 Å². The lowest BCUT2D eigenvalue weighted by Gasteiger charge is -1.92. The van der Waals surface area contributed by atoms with Crippen LogP contribution < -0.4 is 5.32 Å². The summed E-state index contributed by atoms with van der Waals surface area (Å²) in [5.41, 5.74) is 0. The van der Waals surface area contributed by atoms with Crippen LogP contribution >= 0.6 is 11.8 Å². The summed E-state index contributed by atoms with van der Waals surface area (Å²) in [4.78, 5) is 10.6. The minimum absolute atomic E-state index is 0.316. The molecule has 1 aliphatic heterocycles. The van der Waals surface area contributed by atoms with Gasteiger partial charge in [0.2, 0.25) is 0 Å². The lowest BCUT2D eigenvalue weighted by molar-refractivity contribution is -0.116. The third kappa shape index (κ3) is 2.31. The minimum Gasteiger partial charge on any atom is -0.319 e. The first-order valence-corrected chi connectivity index (χ1v) is 4.48. The molecule has 0 saturated carbocycles. The molecule has 3 heteroatoms. The summed E-state index contributed by atoms with van der Waals surface area (Å²) in [7, 11) is 1.95. The summed E-state index contributed by atoms with van der Waals surface area (Å²) in [6.07, 6.45) is 0.761. The van der Waals surface area contributed by atoms with Gasteiger partial charge in [-0.05, 0) is 14.0 Å². The molecule has 1 rings (SSSR count). The fourth-order valence-corrected chi connectivity index (χ4v) is 2.17. The number of rotatable bonds is 4. The molecule has 2 atom stereocenters. The monoisotopic (exact) mass is 159 g/mol. The van der Waals surface area contributed by atoms with Crippen LogP contribution in [0.5, 0.6) is 0 Å². The van der Waals surface area contributed by atoms with Gasteiger partial charge in [-0.15, -0.1) is 0 Å². The number of ketones is 1. The maximum absolute atomic E-state index is 10.6. The van der Waals surface area contributed by atoms with Crippen molar-refractivity contribution in [2.24, 2.45) is 0 Å². The van der Waals surface area contributed by atoms with Gasteiger partial charge in [-0.2, -0.15) is 11.8 Å². The van der Waals surface area contributed by atoms with Gasteiger partial charge in [-0.3, -0.25) is 4.79 Å². The zero-order valence-corrected chi connectivity index (χ0v) is 7.20. The summed E-state index contributed by atoms with van der Waals surface area (Å²) in [6, 6.07) is 0. The van der Waals surface area contributed by atoms with E-state index in [2.05, 4.69) is 5.32 Å². The summed E-state index contributed by atoms with van der Waals surface area (Å²) in [5, 5.41) is 4.42. The number of thioether (sulfide) groups is 1. The number of hydrogen-bond acceptors (Lipinski definition) is 3. The lowest BCUT2D eigenvalue weighted by atomic mass is 10.2. The van der Waals surface area contributed by atoms with Crippen LogP contribution in [0.25, 0.3) is 0 Å². The highest BCUT2D eigenvalue weighted by Crippen LogP contribution is 2.43. The SMILES string of the molecule is CNCC1SC1CC(C)=O. The lowest BCUT2D eigenvalue weighted by Crippen LogP contribution is -2.15. The molecule has 58 valence electrons. The van der Waals surface area contributed by atoms with E-state index in [0.29, 0.717) is 16.3 Å². The predicted molar refractivity (Wildman–Crippen MR) is 44.4 cm³/mol. The van der Waals surface area contributed by atoms with Gasteiger partial charge < -0.3 is 5.32 Å². The van der Waals surface area contributed by atoms with Crippen LogP contribution in [0.2, 0.25) is 0 Å². The first-order valence-electron chi connectivity index (χ1n) is 3.53. The normalized spacial score (nSPS) is 30.2. The highest BCUT2D eigenvalue weighted by molar-refractivity contribution is 8.07. The van der Waals surface area contributed by atoms with E-state index in [1.54, 1.807) is 6.92 Å². The smallest absolute Gasteiger partial charge is 0.130 e. The van der Waals surface area contributed by atoms with Crippen LogP contribution in [-0.4, -0.2) is 29.9 Å². The molecule has 2 nitrogen and oxygen atoms in total. The van der Waals surface area contributed by atoms with Crippen LogP contribution in [0.15, 0.2) is 0 Å². The third-order valence-electron chi connectivity index (χ3n) is 1.58. The summed E-state index contributed by atoms with van der Waals surface area (Å²) in [5.74, 6) is 0.316. The molecule has 0 aromatic heterocycles. The molecular formula is C7H13NOS. The molecule has 0 spiro atoms. The Labute approximate surface area is 65.8 Å². The number of Topliss-reactive ketones (excluding diaryl/α,β-unsaturated/α-hetero) is 1. The standard InChI is InChI=1S/C7H13NOS/c1-5(9)3-6-7(10-6)4-8-2/h6-8H,3-4H2,1-2H3. The molecule has 2 unspecified atom stereocenters. The Hall–Kier alpha value is -0.0200. The third-order valence-corrected chi connectivity index (χ3v) is 2.96. The highest BCUT2D eigenvalue weighted by atomic mass is 32.2. The second kappa shape index (κ2) is 3.39. The maximum Gasteiger partial charge on any atom is 0.130 e. The molecule has 1 fully saturated rings. The maximum atomic E-state index is 10.6. The Morgan fingerprint density at radius 1 is 1.60 bits per heavy atom. The Balaban J connectivity index is 2.07. The largest absolute Gasteiger partial charge is 0.319 e. The fourth-order valence-electron chi connectivity index (χ4n) is 1.02. The van der Waals surface area contributed by atoms with Crippen LogP contribution in [-0.2, 0) is 4.79 Å². The van der Waals surface area contributed by atoms with Crippen molar-refractivity contribution < 1.29 is 4.79 Å². The van der Waals surface area contributed by atoms with Crippen molar-refractivity contribution in [2.45, 2.75) is 23.8 Å². The van der Waals surface area contributed by atoms with E-state index in [1.165, 1.54) is 0 Å². The van der Waals surface area contributed by atoms with Crippen molar-refractivity contribution in [1.82, 2.24) is 5.32 Å². The van der Waals surface area contributed by atoms with Crippen molar-refractivity contribution in [2.75, 3.05) is 13.6 Å². The van der Waals surface area contributed by atoms with Crippen molar-refractivity contribution in [3.05, 3.63) is 0 Å². The fraction of sp³-hybridized carbons (Fsp3) is 0.857. The molecule has 0 bridgehead atoms. The molecule has 0 aromatic rings. The quantitative estimate of drug-likeness (QED) is 0.611. The van der Waals surface area contributed by atoms with Gasteiger partial charge in [0.25, 0.3) is 0 Å². The van der Waals surface area contributed by atoms with Crippen molar-refractivity contribution in [3.63, 3.8) is 0 Å². The Bertz CT molecular complexity index is 138. The molecule has 0 amide bonds. The van der Waals surface area contributed by atoms with E-state index in [4.69, 9.17) is 0 Å². The van der Waals surface area contributed by atoms with E-state index in [1.807, 2.05) is 18.8 Å². The van der Waals surface area contributed by atoms with Gasteiger partial charge in [0.1, 0.15) is 5.78 Å². The molecule has 0 aliphatic carbocycles. The van der Waals surface area contributed by atoms with Crippen molar-refractivity contribution in [1.29, 1.82) is 0 Å². The van der Waals surface area contributed by atoms with E-state index in [-0.39, 0.29) is 0 Å². The van der Waals surface area contributed by atoms with Gasteiger partial charge in [-0.1, -0.05) is 0 Å². The van der Waals surface area contributed by atoms with E-state index in [9.17, 15) is 4.79 Å². The average Bonchev–Trinajstić information content (AvgIpc) is 2.47. The molecule has 10 heavy (non-hydrogen) atoms. The number of carbonyl (C=O) groups is 1. The van der Waals surface area contributed by atoms with Gasteiger partial charge in [0.05, 0.1) is 0 Å². The number of hydrogen-bond donors (Lipinski definition) is 1. The zero-order valence-electron chi connectivity index (χ0n) is 6.39. The topological polar surface area (TPSA) is 29.1 Å². The molecule has 1 aliphatic rings. The average molecular weight is 159 g/mol. The summed E-state index contributed by atoms with van der Waals surface area (Å²) < 4.78 is 0. The van der Waals surface area contributed by atoms with Gasteiger partial charge in [0.15, 0.2) is 0 Å². The van der Waals surface area contributed by atoms with Gasteiger partial charge in [0, 0.05) is 23.5 Å². The van der Waals surface area contributed by atoms with Gasteiger partial charge in [-0.25, -0.2) is 0 Å². The Morgan fingerprint density at radius 2 is 2.30 bits per heavy atom. The molecule has 1 saturated heterocycles. The minimum atomic E-state index is 0.316. The molecule has 0 aromatic carbocycles. The number of carbonyl (C=O) groups excluding carboxylic acids is 1. The molecule has 1 heterocycles. The van der Waals surface area contributed by atoms with Crippen LogP contribution in [0, 0.1) is 0 Å². The van der Waals surface area contributed by atoms with Crippen LogP contribution in [0.4, 0.5) is 0 Å². The summed E-state index contributed by atoms with van der Waals surface area (Å²) >= 11 is 1.91. The first kappa shape index (κ1) is 8.08. The van der Waals surface area contributed by atoms with Crippen molar-refractivity contribution >= 4 is 17.5 Å². The van der Waals surface area contributed by atoms with E-state index in [0.717, 1.165) is 13.0 Å².